The fourth-order valence-corrected chi connectivity index (χ4v) is 1.86. The molecule has 1 aliphatic carbocycles. The number of rotatable bonds is 5. The number of ketones is 2. The summed E-state index contributed by atoms with van der Waals surface area (Å²) in [5, 5.41) is 2.53. The number of Topliss-reactive ketones (excluding diaryl/α,β-unsaturated/α-hetero) is 2. The van der Waals surface area contributed by atoms with Crippen LogP contribution in [0.5, 0.6) is 0 Å². The minimum Gasteiger partial charge on any atom is -0.345 e. The molecule has 1 aliphatic rings. The number of hydrogen-bond donors (Lipinski definition) is 1. The molecule has 0 bridgehead atoms. The van der Waals surface area contributed by atoms with Crippen molar-refractivity contribution < 1.29 is 35.4 Å². The summed E-state index contributed by atoms with van der Waals surface area (Å²) in [6, 6.07) is 8.64. The van der Waals surface area contributed by atoms with E-state index in [-0.39, 0.29) is 45.1 Å². The van der Waals surface area contributed by atoms with Gasteiger partial charge in [0, 0.05) is 32.4 Å². The molecule has 2 rings (SSSR count). The number of carbonyl (C=O) groups excluding carboxylic acids is 3. The molecule has 0 atom stereocenters. The third-order valence-electron chi connectivity index (χ3n) is 3.26. The van der Waals surface area contributed by atoms with Gasteiger partial charge in [0.2, 0.25) is 0 Å². The first-order chi connectivity index (χ1) is 8.56. The fraction of sp³-hybridized carbons (Fsp3) is 0.286. The van der Waals surface area contributed by atoms with Crippen molar-refractivity contribution in [1.29, 1.82) is 0 Å². The summed E-state index contributed by atoms with van der Waals surface area (Å²) >= 11 is 0. The van der Waals surface area contributed by atoms with Gasteiger partial charge in [-0.05, 0) is 25.0 Å². The third kappa shape index (κ3) is 3.32. The van der Waals surface area contributed by atoms with Gasteiger partial charge in [0.05, 0.1) is 12.0 Å². The van der Waals surface area contributed by atoms with E-state index in [0.717, 1.165) is 0 Å². The summed E-state index contributed by atoms with van der Waals surface area (Å²) in [5.41, 5.74) is -0.416. The van der Waals surface area contributed by atoms with Crippen molar-refractivity contribution in [3.05, 3.63) is 42.8 Å². The maximum atomic E-state index is 11.8. The molecule has 1 amide bonds. The molecular formula is C14H14NO3W-. The first-order valence-electron chi connectivity index (χ1n) is 5.79. The number of benzene rings is 1. The van der Waals surface area contributed by atoms with Crippen molar-refractivity contribution >= 4 is 17.5 Å². The van der Waals surface area contributed by atoms with Crippen molar-refractivity contribution in [2.24, 2.45) is 5.41 Å². The zero-order valence-electron chi connectivity index (χ0n) is 10.3. The van der Waals surface area contributed by atoms with Crippen molar-refractivity contribution in [2.45, 2.75) is 12.8 Å². The molecule has 0 saturated heterocycles. The molecule has 0 aromatic heterocycles. The summed E-state index contributed by atoms with van der Waals surface area (Å²) < 4.78 is 0. The van der Waals surface area contributed by atoms with E-state index in [9.17, 15) is 14.4 Å². The summed E-state index contributed by atoms with van der Waals surface area (Å²) in [6.45, 7) is 3.19. The topological polar surface area (TPSA) is 63.2 Å². The number of amides is 1. The van der Waals surface area contributed by atoms with E-state index < -0.39 is 5.41 Å². The zero-order valence-corrected chi connectivity index (χ0v) is 13.3. The van der Waals surface area contributed by atoms with E-state index in [4.69, 9.17) is 0 Å². The maximum absolute atomic E-state index is 11.8. The standard InChI is InChI=1S/C14H14NO3.W/c1-10(16)14(7-8-14)12(17)9-15-13(18)11-5-3-2-4-6-11;/h2-6H,1,7-9H2,(H,15,18);/q-1;. The van der Waals surface area contributed by atoms with E-state index in [0.29, 0.717) is 18.4 Å². The van der Waals surface area contributed by atoms with E-state index in [1.54, 1.807) is 24.3 Å². The van der Waals surface area contributed by atoms with Gasteiger partial charge in [0.1, 0.15) is 0 Å². The molecule has 4 nitrogen and oxygen atoms in total. The van der Waals surface area contributed by atoms with Crippen LogP contribution in [0.4, 0.5) is 0 Å². The maximum Gasteiger partial charge on any atom is 0.251 e. The second kappa shape index (κ2) is 6.16. The molecule has 1 aromatic rings. The Morgan fingerprint density at radius 2 is 1.74 bits per heavy atom. The van der Waals surface area contributed by atoms with Crippen LogP contribution in [0.1, 0.15) is 23.2 Å². The molecule has 1 aromatic carbocycles. The second-order valence-corrected chi connectivity index (χ2v) is 4.48. The van der Waals surface area contributed by atoms with E-state index >= 15 is 0 Å². The average molecular weight is 428 g/mol. The largest absolute Gasteiger partial charge is 0.345 e. The Hall–Kier alpha value is -1.41. The SMILES string of the molecule is [CH2-]C(=O)C1(C(=O)CNC(=O)c2ccccc2)CC1.[W]. The van der Waals surface area contributed by atoms with Gasteiger partial charge in [0.15, 0.2) is 5.78 Å². The molecule has 5 heteroatoms. The van der Waals surface area contributed by atoms with Gasteiger partial charge in [-0.25, -0.2) is 0 Å². The Bertz CT molecular complexity index is 495. The number of carbonyl (C=O) groups is 3. The van der Waals surface area contributed by atoms with Crippen LogP contribution in [-0.2, 0) is 30.7 Å². The number of hydrogen-bond acceptors (Lipinski definition) is 3. The zero-order chi connectivity index (χ0) is 13.2. The van der Waals surface area contributed by atoms with Gasteiger partial charge in [-0.2, -0.15) is 0 Å². The Labute approximate surface area is 126 Å². The summed E-state index contributed by atoms with van der Waals surface area (Å²) in [7, 11) is 0. The normalized spacial score (nSPS) is 14.9. The predicted molar refractivity (Wildman–Crippen MR) is 65.8 cm³/mol. The van der Waals surface area contributed by atoms with Gasteiger partial charge in [-0.3, -0.25) is 9.59 Å². The van der Waals surface area contributed by atoms with E-state index in [2.05, 4.69) is 12.2 Å². The van der Waals surface area contributed by atoms with Crippen LogP contribution in [0.3, 0.4) is 0 Å². The summed E-state index contributed by atoms with van der Waals surface area (Å²) in [4.78, 5) is 34.8. The van der Waals surface area contributed by atoms with Crippen molar-refractivity contribution in [1.82, 2.24) is 5.32 Å². The van der Waals surface area contributed by atoms with Gasteiger partial charge >= 0.3 is 0 Å². The quantitative estimate of drug-likeness (QED) is 0.566. The van der Waals surface area contributed by atoms with Crippen molar-refractivity contribution in [3.63, 3.8) is 0 Å². The van der Waals surface area contributed by atoms with E-state index in [1.807, 2.05) is 6.07 Å². The Morgan fingerprint density at radius 3 is 2.21 bits per heavy atom. The smallest absolute Gasteiger partial charge is 0.251 e. The fourth-order valence-electron chi connectivity index (χ4n) is 1.86. The van der Waals surface area contributed by atoms with Crippen LogP contribution in [0.25, 0.3) is 0 Å². The first-order valence-corrected chi connectivity index (χ1v) is 5.79. The molecule has 19 heavy (non-hydrogen) atoms. The third-order valence-corrected chi connectivity index (χ3v) is 3.26. The van der Waals surface area contributed by atoms with E-state index in [1.165, 1.54) is 0 Å². The summed E-state index contributed by atoms with van der Waals surface area (Å²) in [5.74, 6) is -0.899. The monoisotopic (exact) mass is 428 g/mol. The molecule has 0 radical (unpaired) electrons. The van der Waals surface area contributed by atoms with Gasteiger partial charge < -0.3 is 17.0 Å². The van der Waals surface area contributed by atoms with Crippen molar-refractivity contribution in [3.8, 4) is 0 Å². The Kier molecular flexibility index (Phi) is 5.07. The Morgan fingerprint density at radius 1 is 1.16 bits per heavy atom. The molecule has 0 heterocycles. The molecule has 1 fully saturated rings. The molecular weight excluding hydrogens is 414 g/mol. The Balaban J connectivity index is 0.00000180. The van der Waals surface area contributed by atoms with Gasteiger partial charge in [-0.1, -0.05) is 18.2 Å². The van der Waals surface area contributed by atoms with Crippen LogP contribution in [0, 0.1) is 12.3 Å². The molecule has 0 aliphatic heterocycles. The van der Waals surface area contributed by atoms with Crippen LogP contribution >= 0.6 is 0 Å². The first kappa shape index (κ1) is 15.6. The molecule has 0 spiro atoms. The molecule has 100 valence electrons. The second-order valence-electron chi connectivity index (χ2n) is 4.48. The number of nitrogens with one attached hydrogen (secondary N) is 1. The van der Waals surface area contributed by atoms with Gasteiger partial charge in [0.25, 0.3) is 5.91 Å². The van der Waals surface area contributed by atoms with Crippen LogP contribution in [0.2, 0.25) is 0 Å². The van der Waals surface area contributed by atoms with Crippen LogP contribution in [-0.4, -0.2) is 24.0 Å². The molecule has 0 unspecified atom stereocenters. The average Bonchev–Trinajstić information content (AvgIpc) is 3.18. The summed E-state index contributed by atoms with van der Waals surface area (Å²) in [6.07, 6.45) is 1.10. The van der Waals surface area contributed by atoms with Crippen molar-refractivity contribution in [2.75, 3.05) is 6.54 Å². The molecule has 1 N–H and O–H groups in total. The predicted octanol–water partition coefficient (Wildman–Crippen LogP) is 1.17. The van der Waals surface area contributed by atoms with Crippen LogP contribution in [0.15, 0.2) is 30.3 Å². The minimum atomic E-state index is -0.913. The molecule has 1 saturated carbocycles. The van der Waals surface area contributed by atoms with Gasteiger partial charge in [-0.15, -0.1) is 0 Å². The van der Waals surface area contributed by atoms with Crippen LogP contribution < -0.4 is 5.32 Å². The minimum absolute atomic E-state index is 0.